The average Bonchev–Trinajstić information content (AvgIpc) is 2.65. The summed E-state index contributed by atoms with van der Waals surface area (Å²) in [6.07, 6.45) is 4.16. The Bertz CT molecular complexity index is 325. The molecule has 1 aromatic rings. The Kier molecular flexibility index (Phi) is 2.45. The predicted molar refractivity (Wildman–Crippen MR) is 52.7 cm³/mol. The topological polar surface area (TPSA) is 59.2 Å². The summed E-state index contributed by atoms with van der Waals surface area (Å²) in [4.78, 5) is 17.5. The first-order chi connectivity index (χ1) is 6.77. The summed E-state index contributed by atoms with van der Waals surface area (Å²) >= 11 is 0. The van der Waals surface area contributed by atoms with E-state index in [0.717, 1.165) is 13.0 Å². The van der Waals surface area contributed by atoms with Gasteiger partial charge in [-0.05, 0) is 18.6 Å². The van der Waals surface area contributed by atoms with Gasteiger partial charge in [-0.15, -0.1) is 0 Å². The van der Waals surface area contributed by atoms with Crippen LogP contribution in [0.1, 0.15) is 16.8 Å². The van der Waals surface area contributed by atoms with Crippen molar-refractivity contribution in [2.75, 3.05) is 13.1 Å². The van der Waals surface area contributed by atoms with Crippen molar-refractivity contribution in [3.05, 3.63) is 30.1 Å². The Morgan fingerprint density at radius 1 is 1.50 bits per heavy atom. The van der Waals surface area contributed by atoms with Gasteiger partial charge in [0, 0.05) is 37.1 Å². The third kappa shape index (κ3) is 1.75. The number of aromatic nitrogens is 1. The Hall–Kier alpha value is -1.42. The van der Waals surface area contributed by atoms with Gasteiger partial charge in [-0.25, -0.2) is 0 Å². The molecule has 2 rings (SSSR count). The van der Waals surface area contributed by atoms with Crippen LogP contribution in [-0.2, 0) is 0 Å². The lowest BCUT2D eigenvalue weighted by Gasteiger charge is -2.15. The van der Waals surface area contributed by atoms with Gasteiger partial charge in [0.15, 0.2) is 0 Å². The van der Waals surface area contributed by atoms with Crippen molar-refractivity contribution < 1.29 is 4.79 Å². The van der Waals surface area contributed by atoms with Crippen LogP contribution >= 0.6 is 0 Å². The second-order valence-electron chi connectivity index (χ2n) is 3.54. The molecule has 0 bridgehead atoms. The van der Waals surface area contributed by atoms with Crippen molar-refractivity contribution in [1.82, 2.24) is 9.88 Å². The minimum Gasteiger partial charge on any atom is -0.337 e. The minimum absolute atomic E-state index is 0.0559. The molecule has 1 aliphatic heterocycles. The number of nitrogens with two attached hydrogens (primary N) is 1. The molecular formula is C10H13N3O. The van der Waals surface area contributed by atoms with Crippen molar-refractivity contribution in [2.24, 2.45) is 5.73 Å². The molecule has 0 aromatic carbocycles. The van der Waals surface area contributed by atoms with Gasteiger partial charge in [-0.2, -0.15) is 0 Å². The van der Waals surface area contributed by atoms with Crippen LogP contribution < -0.4 is 5.73 Å². The maximum Gasteiger partial charge on any atom is 0.254 e. The fraction of sp³-hybridized carbons (Fsp3) is 0.400. The molecule has 0 radical (unpaired) electrons. The SMILES string of the molecule is NC1CCN(C(=O)c2ccncc2)C1. The van der Waals surface area contributed by atoms with E-state index in [4.69, 9.17) is 5.73 Å². The molecule has 2 heterocycles. The number of nitrogens with zero attached hydrogens (tertiary/aromatic N) is 2. The third-order valence-corrected chi connectivity index (χ3v) is 2.44. The highest BCUT2D eigenvalue weighted by molar-refractivity contribution is 5.94. The number of likely N-dealkylation sites (tertiary alicyclic amines) is 1. The van der Waals surface area contributed by atoms with Gasteiger partial charge in [-0.1, -0.05) is 0 Å². The number of amides is 1. The molecule has 0 aliphatic carbocycles. The summed E-state index contributed by atoms with van der Waals surface area (Å²) in [6, 6.07) is 3.60. The van der Waals surface area contributed by atoms with Crippen LogP contribution in [0.2, 0.25) is 0 Å². The van der Waals surface area contributed by atoms with E-state index < -0.39 is 0 Å². The predicted octanol–water partition coefficient (Wildman–Crippen LogP) is 0.255. The average molecular weight is 191 g/mol. The fourth-order valence-corrected chi connectivity index (χ4v) is 1.65. The standard InChI is InChI=1S/C10H13N3O/c11-9-3-6-13(7-9)10(14)8-1-4-12-5-2-8/h1-2,4-5,9H,3,6-7,11H2. The van der Waals surface area contributed by atoms with Crippen LogP contribution in [0.3, 0.4) is 0 Å². The van der Waals surface area contributed by atoms with E-state index >= 15 is 0 Å². The van der Waals surface area contributed by atoms with Gasteiger partial charge >= 0.3 is 0 Å². The molecule has 1 fully saturated rings. The first-order valence-corrected chi connectivity index (χ1v) is 4.72. The Labute approximate surface area is 82.7 Å². The van der Waals surface area contributed by atoms with Crippen LogP contribution in [0.5, 0.6) is 0 Å². The van der Waals surface area contributed by atoms with Crippen LogP contribution in [0, 0.1) is 0 Å². The van der Waals surface area contributed by atoms with Gasteiger partial charge in [0.2, 0.25) is 0 Å². The first-order valence-electron chi connectivity index (χ1n) is 4.72. The molecule has 74 valence electrons. The molecule has 1 amide bonds. The molecule has 0 saturated carbocycles. The highest BCUT2D eigenvalue weighted by Crippen LogP contribution is 2.11. The normalized spacial score (nSPS) is 21.2. The van der Waals surface area contributed by atoms with Gasteiger partial charge < -0.3 is 10.6 Å². The smallest absolute Gasteiger partial charge is 0.254 e. The van der Waals surface area contributed by atoms with Crippen molar-refractivity contribution in [3.8, 4) is 0 Å². The van der Waals surface area contributed by atoms with Gasteiger partial charge in [-0.3, -0.25) is 9.78 Å². The van der Waals surface area contributed by atoms with E-state index in [1.165, 1.54) is 0 Å². The zero-order valence-electron chi connectivity index (χ0n) is 7.89. The van der Waals surface area contributed by atoms with E-state index in [9.17, 15) is 4.79 Å². The number of hydrogen-bond acceptors (Lipinski definition) is 3. The number of hydrogen-bond donors (Lipinski definition) is 1. The zero-order chi connectivity index (χ0) is 9.97. The number of pyridine rings is 1. The Morgan fingerprint density at radius 2 is 2.21 bits per heavy atom. The van der Waals surface area contributed by atoms with E-state index in [-0.39, 0.29) is 11.9 Å². The minimum atomic E-state index is 0.0559. The molecule has 4 heteroatoms. The Morgan fingerprint density at radius 3 is 2.79 bits per heavy atom. The van der Waals surface area contributed by atoms with E-state index in [0.29, 0.717) is 12.1 Å². The Balaban J connectivity index is 2.10. The summed E-state index contributed by atoms with van der Waals surface area (Å²) in [5.74, 6) is 0.0559. The van der Waals surface area contributed by atoms with E-state index in [1.54, 1.807) is 29.4 Å². The van der Waals surface area contributed by atoms with Crippen LogP contribution in [-0.4, -0.2) is 34.9 Å². The molecule has 1 aliphatic rings. The molecule has 4 nitrogen and oxygen atoms in total. The molecule has 1 saturated heterocycles. The summed E-state index contributed by atoms with van der Waals surface area (Å²) in [5.41, 5.74) is 6.42. The lowest BCUT2D eigenvalue weighted by Crippen LogP contribution is -2.31. The zero-order valence-corrected chi connectivity index (χ0v) is 7.89. The summed E-state index contributed by atoms with van der Waals surface area (Å²) in [6.45, 7) is 1.43. The highest BCUT2D eigenvalue weighted by atomic mass is 16.2. The summed E-state index contributed by atoms with van der Waals surface area (Å²) < 4.78 is 0. The lowest BCUT2D eigenvalue weighted by molar-refractivity contribution is 0.0791. The number of carbonyl (C=O) groups excluding carboxylic acids is 1. The van der Waals surface area contributed by atoms with Gasteiger partial charge in [0.25, 0.3) is 5.91 Å². The maximum atomic E-state index is 11.8. The molecule has 0 spiro atoms. The lowest BCUT2D eigenvalue weighted by atomic mass is 10.2. The fourth-order valence-electron chi connectivity index (χ4n) is 1.65. The van der Waals surface area contributed by atoms with Gasteiger partial charge in [0.1, 0.15) is 0 Å². The second-order valence-corrected chi connectivity index (χ2v) is 3.54. The second kappa shape index (κ2) is 3.75. The van der Waals surface area contributed by atoms with Gasteiger partial charge in [0.05, 0.1) is 0 Å². The molecular weight excluding hydrogens is 178 g/mol. The van der Waals surface area contributed by atoms with E-state index in [2.05, 4.69) is 4.98 Å². The van der Waals surface area contributed by atoms with Crippen molar-refractivity contribution >= 4 is 5.91 Å². The largest absolute Gasteiger partial charge is 0.337 e. The first kappa shape index (κ1) is 9.15. The maximum absolute atomic E-state index is 11.8. The molecule has 1 unspecified atom stereocenters. The number of carbonyl (C=O) groups is 1. The molecule has 1 aromatic heterocycles. The molecule has 2 N–H and O–H groups in total. The summed E-state index contributed by atoms with van der Waals surface area (Å²) in [5, 5.41) is 0. The molecule has 14 heavy (non-hydrogen) atoms. The summed E-state index contributed by atoms with van der Waals surface area (Å²) in [7, 11) is 0. The highest BCUT2D eigenvalue weighted by Gasteiger charge is 2.24. The van der Waals surface area contributed by atoms with Crippen molar-refractivity contribution in [1.29, 1.82) is 0 Å². The van der Waals surface area contributed by atoms with Crippen molar-refractivity contribution in [3.63, 3.8) is 0 Å². The molecule has 1 atom stereocenters. The van der Waals surface area contributed by atoms with Crippen molar-refractivity contribution in [2.45, 2.75) is 12.5 Å². The van der Waals surface area contributed by atoms with Crippen LogP contribution in [0.15, 0.2) is 24.5 Å². The third-order valence-electron chi connectivity index (χ3n) is 2.44. The monoisotopic (exact) mass is 191 g/mol. The van der Waals surface area contributed by atoms with E-state index in [1.807, 2.05) is 0 Å². The quantitative estimate of drug-likeness (QED) is 0.692. The van der Waals surface area contributed by atoms with Crippen LogP contribution in [0.25, 0.3) is 0 Å². The van der Waals surface area contributed by atoms with Crippen LogP contribution in [0.4, 0.5) is 0 Å². The number of rotatable bonds is 1.